The summed E-state index contributed by atoms with van der Waals surface area (Å²) in [4.78, 5) is 24.8. The van der Waals surface area contributed by atoms with Crippen molar-refractivity contribution in [3.8, 4) is 0 Å². The third kappa shape index (κ3) is 3.77. The van der Waals surface area contributed by atoms with Gasteiger partial charge in [0.15, 0.2) is 0 Å². The van der Waals surface area contributed by atoms with Gasteiger partial charge in [-0.05, 0) is 37.5 Å². The maximum absolute atomic E-state index is 12.2. The highest BCUT2D eigenvalue weighted by atomic mass is 35.5. The lowest BCUT2D eigenvalue weighted by molar-refractivity contribution is -0.150. The van der Waals surface area contributed by atoms with Crippen LogP contribution < -0.4 is 0 Å². The molecule has 0 aromatic heterocycles. The summed E-state index contributed by atoms with van der Waals surface area (Å²) in [6.07, 6.45) is 4.98. The molecule has 1 fully saturated rings. The molecule has 1 atom stereocenters. The van der Waals surface area contributed by atoms with Crippen LogP contribution in [0.3, 0.4) is 0 Å². The summed E-state index contributed by atoms with van der Waals surface area (Å²) in [5, 5.41) is 10.1. The fourth-order valence-electron chi connectivity index (χ4n) is 2.37. The van der Waals surface area contributed by atoms with E-state index in [0.717, 1.165) is 12.8 Å². The number of amides is 1. The van der Waals surface area contributed by atoms with Crippen LogP contribution in [0, 0.1) is 0 Å². The first-order chi connectivity index (χ1) is 10.0. The molecule has 0 bridgehead atoms. The number of piperidine rings is 1. The fourth-order valence-corrected chi connectivity index (χ4v) is 2.90. The predicted octanol–water partition coefficient (Wildman–Crippen LogP) is 3.47. The Morgan fingerprint density at radius 1 is 1.24 bits per heavy atom. The zero-order chi connectivity index (χ0) is 15.4. The number of hydrogen-bond donors (Lipinski definition) is 1. The summed E-state index contributed by atoms with van der Waals surface area (Å²) in [6, 6.07) is 4.32. The lowest BCUT2D eigenvalue weighted by Gasteiger charge is -2.32. The van der Waals surface area contributed by atoms with Gasteiger partial charge in [-0.15, -0.1) is 0 Å². The fraction of sp³-hybridized carbons (Fsp3) is 0.333. The molecule has 1 N–H and O–H groups in total. The summed E-state index contributed by atoms with van der Waals surface area (Å²) in [5.74, 6) is -1.30. The molecule has 21 heavy (non-hydrogen) atoms. The molecule has 1 aliphatic rings. The number of nitrogens with zero attached hydrogens (tertiary/aromatic N) is 1. The second kappa shape index (κ2) is 6.96. The molecule has 2 rings (SSSR count). The van der Waals surface area contributed by atoms with Crippen molar-refractivity contribution in [3.05, 3.63) is 39.9 Å². The Balaban J connectivity index is 2.16. The lowest BCUT2D eigenvalue weighted by Crippen LogP contribution is -2.47. The van der Waals surface area contributed by atoms with Crippen molar-refractivity contribution in [2.24, 2.45) is 0 Å². The average Bonchev–Trinajstić information content (AvgIpc) is 2.46. The molecule has 1 saturated heterocycles. The number of benzene rings is 1. The van der Waals surface area contributed by atoms with Crippen LogP contribution in [-0.2, 0) is 9.59 Å². The summed E-state index contributed by atoms with van der Waals surface area (Å²) >= 11 is 12.0. The monoisotopic (exact) mass is 327 g/mol. The van der Waals surface area contributed by atoms with Crippen molar-refractivity contribution in [3.63, 3.8) is 0 Å². The first-order valence-corrected chi connectivity index (χ1v) is 7.42. The zero-order valence-corrected chi connectivity index (χ0v) is 12.8. The van der Waals surface area contributed by atoms with Crippen molar-refractivity contribution in [2.45, 2.75) is 25.3 Å². The van der Waals surface area contributed by atoms with E-state index in [-0.39, 0.29) is 5.91 Å². The van der Waals surface area contributed by atoms with Crippen molar-refractivity contribution in [1.82, 2.24) is 4.90 Å². The number of carbonyl (C=O) groups excluding carboxylic acids is 1. The number of likely N-dealkylation sites (tertiary alicyclic amines) is 1. The van der Waals surface area contributed by atoms with E-state index in [1.807, 2.05) is 0 Å². The Kier molecular flexibility index (Phi) is 5.26. The predicted molar refractivity (Wildman–Crippen MR) is 82.5 cm³/mol. The third-order valence-corrected chi connectivity index (χ3v) is 4.12. The van der Waals surface area contributed by atoms with Crippen molar-refractivity contribution in [1.29, 1.82) is 0 Å². The Morgan fingerprint density at radius 2 is 1.90 bits per heavy atom. The van der Waals surface area contributed by atoms with Gasteiger partial charge in [-0.25, -0.2) is 4.79 Å². The minimum atomic E-state index is -0.966. The highest BCUT2D eigenvalue weighted by molar-refractivity contribution is 6.37. The molecule has 1 heterocycles. The minimum Gasteiger partial charge on any atom is -0.480 e. The molecule has 1 aliphatic heterocycles. The van der Waals surface area contributed by atoms with Crippen LogP contribution in [0.1, 0.15) is 24.8 Å². The summed E-state index contributed by atoms with van der Waals surface area (Å²) in [6.45, 7) is 0.455. The molecule has 1 amide bonds. The van der Waals surface area contributed by atoms with Gasteiger partial charge in [0, 0.05) is 28.2 Å². The Labute approximate surface area is 133 Å². The maximum Gasteiger partial charge on any atom is 0.326 e. The van der Waals surface area contributed by atoms with E-state index in [1.165, 1.54) is 17.1 Å². The lowest BCUT2D eigenvalue weighted by atomic mass is 10.0. The molecule has 0 aliphatic carbocycles. The third-order valence-electron chi connectivity index (χ3n) is 3.46. The van der Waals surface area contributed by atoms with E-state index >= 15 is 0 Å². The van der Waals surface area contributed by atoms with Crippen LogP contribution in [0.5, 0.6) is 0 Å². The topological polar surface area (TPSA) is 57.6 Å². The van der Waals surface area contributed by atoms with Crippen LogP contribution in [0.4, 0.5) is 0 Å². The van der Waals surface area contributed by atoms with Gasteiger partial charge in [0.05, 0.1) is 0 Å². The highest BCUT2D eigenvalue weighted by Gasteiger charge is 2.30. The first-order valence-electron chi connectivity index (χ1n) is 6.66. The maximum atomic E-state index is 12.2. The molecule has 1 aromatic rings. The van der Waals surface area contributed by atoms with Gasteiger partial charge in [-0.2, -0.15) is 0 Å². The first kappa shape index (κ1) is 15.9. The highest BCUT2D eigenvalue weighted by Crippen LogP contribution is 2.26. The van der Waals surface area contributed by atoms with Crippen LogP contribution in [0.2, 0.25) is 10.0 Å². The molecule has 0 radical (unpaired) electrons. The molecule has 0 spiro atoms. The summed E-state index contributed by atoms with van der Waals surface area (Å²) < 4.78 is 0. The van der Waals surface area contributed by atoms with E-state index in [4.69, 9.17) is 23.2 Å². The van der Waals surface area contributed by atoms with E-state index in [2.05, 4.69) is 0 Å². The number of aliphatic carboxylic acids is 1. The van der Waals surface area contributed by atoms with Gasteiger partial charge in [-0.1, -0.05) is 29.3 Å². The summed E-state index contributed by atoms with van der Waals surface area (Å²) in [7, 11) is 0. The van der Waals surface area contributed by atoms with Gasteiger partial charge in [0.25, 0.3) is 0 Å². The van der Waals surface area contributed by atoms with Crippen LogP contribution in [0.15, 0.2) is 24.3 Å². The number of hydrogen-bond acceptors (Lipinski definition) is 2. The Morgan fingerprint density at radius 3 is 2.52 bits per heavy atom. The average molecular weight is 328 g/mol. The second-order valence-electron chi connectivity index (χ2n) is 4.85. The van der Waals surface area contributed by atoms with Crippen LogP contribution in [-0.4, -0.2) is 34.5 Å². The normalized spacial score (nSPS) is 19.0. The number of carboxylic acid groups (broad SMARTS) is 1. The molecule has 112 valence electrons. The number of halogens is 2. The quantitative estimate of drug-likeness (QED) is 0.865. The van der Waals surface area contributed by atoms with Gasteiger partial charge in [0.1, 0.15) is 6.04 Å². The van der Waals surface area contributed by atoms with Crippen molar-refractivity contribution < 1.29 is 14.7 Å². The van der Waals surface area contributed by atoms with E-state index in [9.17, 15) is 14.7 Å². The zero-order valence-electron chi connectivity index (χ0n) is 11.3. The molecule has 0 unspecified atom stereocenters. The standard InChI is InChI=1S/C15H15Cl2NO3/c16-11-4-3-5-12(17)10(11)7-8-14(19)18-9-2-1-6-13(18)15(20)21/h3-5,7-8,13H,1-2,6,9H2,(H,20,21)/t13-/m0/s1. The van der Waals surface area contributed by atoms with E-state index in [1.54, 1.807) is 18.2 Å². The molecule has 4 nitrogen and oxygen atoms in total. The minimum absolute atomic E-state index is 0.335. The molecule has 0 saturated carbocycles. The van der Waals surface area contributed by atoms with Crippen LogP contribution >= 0.6 is 23.2 Å². The molecule has 1 aromatic carbocycles. The Hall–Kier alpha value is -1.52. The van der Waals surface area contributed by atoms with Gasteiger partial charge in [0.2, 0.25) is 5.91 Å². The molecular formula is C15H15Cl2NO3. The number of rotatable bonds is 3. The number of carbonyl (C=O) groups is 2. The number of carboxylic acids is 1. The van der Waals surface area contributed by atoms with E-state index in [0.29, 0.717) is 28.6 Å². The van der Waals surface area contributed by atoms with E-state index < -0.39 is 12.0 Å². The Bertz CT molecular complexity index is 566. The summed E-state index contributed by atoms with van der Waals surface area (Å²) in [5.41, 5.74) is 0.554. The van der Waals surface area contributed by atoms with Crippen molar-refractivity contribution >= 4 is 41.2 Å². The molecular weight excluding hydrogens is 313 g/mol. The van der Waals surface area contributed by atoms with Crippen LogP contribution in [0.25, 0.3) is 6.08 Å². The van der Waals surface area contributed by atoms with Crippen molar-refractivity contribution in [2.75, 3.05) is 6.54 Å². The second-order valence-corrected chi connectivity index (χ2v) is 5.66. The van der Waals surface area contributed by atoms with Gasteiger partial charge in [-0.3, -0.25) is 4.79 Å². The largest absolute Gasteiger partial charge is 0.480 e. The smallest absolute Gasteiger partial charge is 0.326 e. The van der Waals surface area contributed by atoms with Gasteiger partial charge < -0.3 is 10.0 Å². The molecule has 6 heteroatoms. The van der Waals surface area contributed by atoms with Gasteiger partial charge >= 0.3 is 5.97 Å². The SMILES string of the molecule is O=C(O)[C@@H]1CCCCN1C(=O)C=Cc1c(Cl)cccc1Cl.